The highest BCUT2D eigenvalue weighted by Crippen LogP contribution is 2.36. The molecule has 1 aliphatic rings. The smallest absolute Gasteiger partial charge is 0.113 e. The Morgan fingerprint density at radius 3 is 2.80 bits per heavy atom. The number of rotatable bonds is 4. The van der Waals surface area contributed by atoms with Crippen molar-refractivity contribution in [2.75, 3.05) is 6.54 Å². The average Bonchev–Trinajstić information content (AvgIpc) is 2.87. The average molecular weight is 272 g/mol. The zero-order valence-electron chi connectivity index (χ0n) is 12.3. The van der Waals surface area contributed by atoms with Crippen molar-refractivity contribution >= 4 is 11.0 Å². The summed E-state index contributed by atoms with van der Waals surface area (Å²) < 4.78 is 2.41. The summed E-state index contributed by atoms with van der Waals surface area (Å²) in [6, 6.07) is 2.09. The maximum atomic E-state index is 5.80. The van der Waals surface area contributed by atoms with Gasteiger partial charge in [0.15, 0.2) is 0 Å². The van der Waals surface area contributed by atoms with Gasteiger partial charge in [0, 0.05) is 18.7 Å². The predicted molar refractivity (Wildman–Crippen MR) is 81.6 cm³/mol. The Labute approximate surface area is 120 Å². The van der Waals surface area contributed by atoms with Crippen molar-refractivity contribution in [1.82, 2.24) is 14.5 Å². The molecule has 4 heteroatoms. The third-order valence-electron chi connectivity index (χ3n) is 4.57. The lowest BCUT2D eigenvalue weighted by atomic mass is 9.81. The predicted octanol–water partition coefficient (Wildman–Crippen LogP) is 3.07. The van der Waals surface area contributed by atoms with Gasteiger partial charge in [-0.25, -0.2) is 4.98 Å². The van der Waals surface area contributed by atoms with Crippen LogP contribution in [0.1, 0.15) is 50.8 Å². The zero-order valence-corrected chi connectivity index (χ0v) is 12.3. The molecule has 0 unspecified atom stereocenters. The van der Waals surface area contributed by atoms with Crippen LogP contribution in [-0.2, 0) is 6.54 Å². The van der Waals surface area contributed by atoms with E-state index in [1.165, 1.54) is 37.0 Å². The third kappa shape index (κ3) is 2.44. The van der Waals surface area contributed by atoms with Gasteiger partial charge in [0.1, 0.15) is 11.3 Å². The fourth-order valence-corrected chi connectivity index (χ4v) is 3.43. The molecule has 0 aliphatic heterocycles. The molecule has 2 aromatic rings. The number of hydrogen-bond donors (Lipinski definition) is 1. The Bertz CT molecular complexity index is 567. The van der Waals surface area contributed by atoms with Crippen LogP contribution in [0.5, 0.6) is 0 Å². The Morgan fingerprint density at radius 2 is 2.10 bits per heavy atom. The molecule has 0 spiro atoms. The van der Waals surface area contributed by atoms with Gasteiger partial charge in [-0.3, -0.25) is 4.98 Å². The maximum Gasteiger partial charge on any atom is 0.113 e. The third-order valence-corrected chi connectivity index (χ3v) is 4.57. The van der Waals surface area contributed by atoms with Crippen LogP contribution in [0.25, 0.3) is 11.0 Å². The van der Waals surface area contributed by atoms with E-state index in [0.29, 0.717) is 5.92 Å². The van der Waals surface area contributed by atoms with Crippen LogP contribution < -0.4 is 5.73 Å². The molecule has 1 fully saturated rings. The van der Waals surface area contributed by atoms with Gasteiger partial charge >= 0.3 is 0 Å². The second-order valence-corrected chi connectivity index (χ2v) is 5.94. The number of hydrogen-bond acceptors (Lipinski definition) is 3. The Hall–Kier alpha value is -1.42. The highest BCUT2D eigenvalue weighted by atomic mass is 15.1. The van der Waals surface area contributed by atoms with Crippen molar-refractivity contribution in [2.24, 2.45) is 11.7 Å². The summed E-state index contributed by atoms with van der Waals surface area (Å²) in [5.74, 6) is 2.58. The standard InChI is InChI=1S/C16H24N4/c1-2-9-20-15-7-8-18-11-14(15)19-16(20)13-5-3-12(10-17)4-6-13/h7-8,11-13H,2-6,9-10,17H2,1H3. The number of aryl methyl sites for hydroxylation is 1. The summed E-state index contributed by atoms with van der Waals surface area (Å²) >= 11 is 0. The quantitative estimate of drug-likeness (QED) is 0.930. The molecule has 1 saturated carbocycles. The van der Waals surface area contributed by atoms with Gasteiger partial charge in [0.2, 0.25) is 0 Å². The van der Waals surface area contributed by atoms with Crippen molar-refractivity contribution in [3.05, 3.63) is 24.3 Å². The summed E-state index contributed by atoms with van der Waals surface area (Å²) in [6.07, 6.45) is 9.83. The van der Waals surface area contributed by atoms with E-state index >= 15 is 0 Å². The van der Waals surface area contributed by atoms with Crippen molar-refractivity contribution in [3.63, 3.8) is 0 Å². The normalized spacial score (nSPS) is 23.3. The molecule has 4 nitrogen and oxygen atoms in total. The molecule has 0 amide bonds. The highest BCUT2D eigenvalue weighted by molar-refractivity contribution is 5.74. The first-order valence-electron chi connectivity index (χ1n) is 7.83. The van der Waals surface area contributed by atoms with Gasteiger partial charge in [-0.15, -0.1) is 0 Å². The van der Waals surface area contributed by atoms with Gasteiger partial charge in [-0.05, 0) is 50.6 Å². The molecule has 3 rings (SSSR count). The monoisotopic (exact) mass is 272 g/mol. The summed E-state index contributed by atoms with van der Waals surface area (Å²) in [5, 5.41) is 0. The van der Waals surface area contributed by atoms with Crippen LogP contribution in [-0.4, -0.2) is 21.1 Å². The van der Waals surface area contributed by atoms with Gasteiger partial charge in [-0.1, -0.05) is 6.92 Å². The first kappa shape index (κ1) is 13.6. The minimum Gasteiger partial charge on any atom is -0.330 e. The lowest BCUT2D eigenvalue weighted by Gasteiger charge is -2.27. The fourth-order valence-electron chi connectivity index (χ4n) is 3.43. The number of imidazole rings is 1. The molecular weight excluding hydrogens is 248 g/mol. The lowest BCUT2D eigenvalue weighted by molar-refractivity contribution is 0.321. The number of aromatic nitrogens is 3. The van der Waals surface area contributed by atoms with E-state index in [0.717, 1.165) is 30.9 Å². The van der Waals surface area contributed by atoms with E-state index in [1.807, 2.05) is 12.4 Å². The second kappa shape index (κ2) is 5.92. The Morgan fingerprint density at radius 1 is 1.30 bits per heavy atom. The molecule has 0 saturated heterocycles. The van der Waals surface area contributed by atoms with Crippen molar-refractivity contribution in [2.45, 2.75) is 51.5 Å². The molecule has 0 aromatic carbocycles. The van der Waals surface area contributed by atoms with Crippen LogP contribution in [0.15, 0.2) is 18.5 Å². The molecule has 20 heavy (non-hydrogen) atoms. The SMILES string of the molecule is CCCn1c(C2CCC(CN)CC2)nc2cnccc21. The van der Waals surface area contributed by atoms with E-state index in [4.69, 9.17) is 10.7 Å². The van der Waals surface area contributed by atoms with Crippen LogP contribution in [0.4, 0.5) is 0 Å². The number of pyridine rings is 1. The van der Waals surface area contributed by atoms with Crippen molar-refractivity contribution in [3.8, 4) is 0 Å². The van der Waals surface area contributed by atoms with E-state index in [9.17, 15) is 0 Å². The second-order valence-electron chi connectivity index (χ2n) is 5.94. The summed E-state index contributed by atoms with van der Waals surface area (Å²) in [5.41, 5.74) is 8.07. The Balaban J connectivity index is 1.92. The van der Waals surface area contributed by atoms with E-state index in [2.05, 4.69) is 22.5 Å². The number of nitrogens with zero attached hydrogens (tertiary/aromatic N) is 3. The topological polar surface area (TPSA) is 56.7 Å². The minimum atomic E-state index is 0.594. The summed E-state index contributed by atoms with van der Waals surface area (Å²) in [4.78, 5) is 9.08. The molecule has 2 heterocycles. The van der Waals surface area contributed by atoms with Gasteiger partial charge in [0.25, 0.3) is 0 Å². The molecule has 0 atom stereocenters. The largest absolute Gasteiger partial charge is 0.330 e. The maximum absolute atomic E-state index is 5.80. The number of fused-ring (bicyclic) bond motifs is 1. The molecule has 108 valence electrons. The van der Waals surface area contributed by atoms with Crippen LogP contribution >= 0.6 is 0 Å². The number of nitrogens with two attached hydrogens (primary N) is 1. The molecule has 0 bridgehead atoms. The summed E-state index contributed by atoms with van der Waals surface area (Å²) in [7, 11) is 0. The molecule has 2 aromatic heterocycles. The zero-order chi connectivity index (χ0) is 13.9. The fraction of sp³-hybridized carbons (Fsp3) is 0.625. The van der Waals surface area contributed by atoms with E-state index < -0.39 is 0 Å². The van der Waals surface area contributed by atoms with Gasteiger partial charge in [0.05, 0.1) is 11.7 Å². The molecular formula is C16H24N4. The summed E-state index contributed by atoms with van der Waals surface area (Å²) in [6.45, 7) is 4.11. The van der Waals surface area contributed by atoms with E-state index in [1.54, 1.807) is 0 Å². The van der Waals surface area contributed by atoms with Crippen LogP contribution in [0, 0.1) is 5.92 Å². The highest BCUT2D eigenvalue weighted by Gasteiger charge is 2.25. The van der Waals surface area contributed by atoms with Gasteiger partial charge in [-0.2, -0.15) is 0 Å². The van der Waals surface area contributed by atoms with E-state index in [-0.39, 0.29) is 0 Å². The van der Waals surface area contributed by atoms with Crippen LogP contribution in [0.2, 0.25) is 0 Å². The molecule has 1 aliphatic carbocycles. The first-order valence-corrected chi connectivity index (χ1v) is 7.83. The molecule has 2 N–H and O–H groups in total. The Kier molecular flexibility index (Phi) is 4.01. The molecule has 0 radical (unpaired) electrons. The lowest BCUT2D eigenvalue weighted by Crippen LogP contribution is -2.22. The first-order chi connectivity index (χ1) is 9.83. The van der Waals surface area contributed by atoms with Crippen molar-refractivity contribution in [1.29, 1.82) is 0 Å². The van der Waals surface area contributed by atoms with Crippen LogP contribution in [0.3, 0.4) is 0 Å². The minimum absolute atomic E-state index is 0.594. The van der Waals surface area contributed by atoms with Gasteiger partial charge < -0.3 is 10.3 Å². The van der Waals surface area contributed by atoms with Crippen molar-refractivity contribution < 1.29 is 0 Å².